The number of nitrogens with two attached hydrogens (primary N) is 1. The van der Waals surface area contributed by atoms with Crippen LogP contribution >= 0.6 is 0 Å². The van der Waals surface area contributed by atoms with Crippen LogP contribution in [0.3, 0.4) is 0 Å². The van der Waals surface area contributed by atoms with Crippen molar-refractivity contribution in [1.82, 2.24) is 9.78 Å². The molecule has 1 rings (SSSR count). The van der Waals surface area contributed by atoms with Gasteiger partial charge in [0.1, 0.15) is 0 Å². The van der Waals surface area contributed by atoms with E-state index in [1.807, 2.05) is 13.2 Å². The monoisotopic (exact) mass is 126 g/mol. The highest BCUT2D eigenvalue weighted by Gasteiger charge is 1.89. The molecule has 1 aromatic heterocycles. The number of anilines is 1. The summed E-state index contributed by atoms with van der Waals surface area (Å²) in [7, 11) is 1.86. The zero-order chi connectivity index (χ0) is 6.69. The predicted octanol–water partition coefficient (Wildman–Crippen LogP) is -0.252. The Morgan fingerprint density at radius 1 is 1.89 bits per heavy atom. The van der Waals surface area contributed by atoms with E-state index in [1.165, 1.54) is 0 Å². The topological polar surface area (TPSA) is 55.9 Å². The second-order valence-corrected chi connectivity index (χ2v) is 1.78. The van der Waals surface area contributed by atoms with Crippen molar-refractivity contribution in [3.8, 4) is 0 Å². The van der Waals surface area contributed by atoms with Crippen LogP contribution in [0.2, 0.25) is 0 Å². The molecule has 0 aliphatic carbocycles. The van der Waals surface area contributed by atoms with Crippen LogP contribution in [0.15, 0.2) is 12.4 Å². The van der Waals surface area contributed by atoms with Gasteiger partial charge in [-0.3, -0.25) is 4.68 Å². The van der Waals surface area contributed by atoms with Crippen LogP contribution in [0.25, 0.3) is 0 Å². The molecule has 50 valence electrons. The number of rotatable bonds is 2. The van der Waals surface area contributed by atoms with Gasteiger partial charge in [0, 0.05) is 13.2 Å². The minimum atomic E-state index is 0.450. The van der Waals surface area contributed by atoms with Crippen molar-refractivity contribution in [2.75, 3.05) is 12.0 Å². The number of aromatic nitrogens is 2. The third-order valence-corrected chi connectivity index (χ3v) is 1.01. The van der Waals surface area contributed by atoms with Gasteiger partial charge in [-0.2, -0.15) is 5.10 Å². The van der Waals surface area contributed by atoms with Gasteiger partial charge in [-0.15, -0.1) is 0 Å². The molecule has 3 N–H and O–H groups in total. The molecule has 0 atom stereocenters. The van der Waals surface area contributed by atoms with Gasteiger partial charge in [0.15, 0.2) is 0 Å². The summed E-state index contributed by atoms with van der Waals surface area (Å²) in [6, 6.07) is 0. The minimum absolute atomic E-state index is 0.450. The average Bonchev–Trinajstić information content (AvgIpc) is 2.17. The maximum atomic E-state index is 5.22. The van der Waals surface area contributed by atoms with Crippen LogP contribution in [0.5, 0.6) is 0 Å². The summed E-state index contributed by atoms with van der Waals surface area (Å²) in [4.78, 5) is 0. The Morgan fingerprint density at radius 2 is 2.67 bits per heavy atom. The summed E-state index contributed by atoms with van der Waals surface area (Å²) in [5.41, 5.74) is 6.18. The quantitative estimate of drug-likeness (QED) is 0.537. The molecule has 4 nitrogen and oxygen atoms in total. The molecule has 0 saturated carbocycles. The first-order valence-electron chi connectivity index (χ1n) is 2.75. The van der Waals surface area contributed by atoms with E-state index in [0.717, 1.165) is 5.69 Å². The zero-order valence-electron chi connectivity index (χ0n) is 5.33. The first-order valence-corrected chi connectivity index (χ1v) is 2.75. The average molecular weight is 126 g/mol. The van der Waals surface area contributed by atoms with Crippen molar-refractivity contribution in [1.29, 1.82) is 0 Å². The van der Waals surface area contributed by atoms with Crippen molar-refractivity contribution in [2.24, 2.45) is 12.8 Å². The number of hydrogen-bond acceptors (Lipinski definition) is 3. The minimum Gasteiger partial charge on any atom is -0.370 e. The van der Waals surface area contributed by atoms with Crippen LogP contribution in [-0.4, -0.2) is 16.4 Å². The number of aryl methyl sites for hydroxylation is 1. The van der Waals surface area contributed by atoms with Crippen LogP contribution in [0.4, 0.5) is 5.69 Å². The van der Waals surface area contributed by atoms with Gasteiger partial charge in [0.2, 0.25) is 0 Å². The van der Waals surface area contributed by atoms with E-state index in [-0.39, 0.29) is 0 Å². The molecular weight excluding hydrogens is 116 g/mol. The summed E-state index contributed by atoms with van der Waals surface area (Å²) in [5.74, 6) is 0. The lowest BCUT2D eigenvalue weighted by Crippen LogP contribution is -2.09. The van der Waals surface area contributed by atoms with Crippen molar-refractivity contribution < 1.29 is 0 Å². The third-order valence-electron chi connectivity index (χ3n) is 1.01. The smallest absolute Gasteiger partial charge is 0.0736 e. The molecule has 9 heavy (non-hydrogen) atoms. The van der Waals surface area contributed by atoms with Gasteiger partial charge in [0.25, 0.3) is 0 Å². The highest BCUT2D eigenvalue weighted by Crippen LogP contribution is 2.00. The molecule has 0 saturated heterocycles. The summed E-state index contributed by atoms with van der Waals surface area (Å²) in [5, 5.41) is 6.86. The SMILES string of the molecule is Cn1cc(NCN)cn1. The molecule has 0 aliphatic heterocycles. The molecule has 1 heterocycles. The second kappa shape index (κ2) is 2.50. The van der Waals surface area contributed by atoms with E-state index < -0.39 is 0 Å². The van der Waals surface area contributed by atoms with Crippen molar-refractivity contribution in [2.45, 2.75) is 0 Å². The van der Waals surface area contributed by atoms with Crippen molar-refractivity contribution >= 4 is 5.69 Å². The van der Waals surface area contributed by atoms with Gasteiger partial charge in [-0.1, -0.05) is 0 Å². The van der Waals surface area contributed by atoms with E-state index in [4.69, 9.17) is 5.73 Å². The van der Waals surface area contributed by atoms with Crippen LogP contribution in [-0.2, 0) is 7.05 Å². The Hall–Kier alpha value is -1.03. The molecule has 0 radical (unpaired) electrons. The molecule has 0 spiro atoms. The Bertz CT molecular complexity index is 181. The van der Waals surface area contributed by atoms with Gasteiger partial charge < -0.3 is 11.1 Å². The Morgan fingerprint density at radius 3 is 3.11 bits per heavy atom. The molecule has 4 heteroatoms. The molecule has 0 fully saturated rings. The highest BCUT2D eigenvalue weighted by molar-refractivity contribution is 5.37. The Balaban J connectivity index is 2.61. The third kappa shape index (κ3) is 1.43. The fourth-order valence-electron chi connectivity index (χ4n) is 0.630. The summed E-state index contributed by atoms with van der Waals surface area (Å²) >= 11 is 0. The van der Waals surface area contributed by atoms with E-state index in [9.17, 15) is 0 Å². The number of nitrogens with one attached hydrogen (secondary N) is 1. The van der Waals surface area contributed by atoms with Crippen LogP contribution in [0.1, 0.15) is 0 Å². The highest BCUT2D eigenvalue weighted by atomic mass is 15.3. The van der Waals surface area contributed by atoms with Gasteiger partial charge in [-0.05, 0) is 0 Å². The van der Waals surface area contributed by atoms with Gasteiger partial charge in [0.05, 0.1) is 18.6 Å². The molecular formula is C5H10N4. The molecule has 0 aromatic carbocycles. The standard InChI is InChI=1S/C5H10N4/c1-9-3-5(2-8-9)7-4-6/h2-3,7H,4,6H2,1H3. The van der Waals surface area contributed by atoms with E-state index >= 15 is 0 Å². The fraction of sp³-hybridized carbons (Fsp3) is 0.400. The molecule has 1 aromatic rings. The first kappa shape index (κ1) is 6.10. The summed E-state index contributed by atoms with van der Waals surface area (Å²) in [6.07, 6.45) is 3.60. The van der Waals surface area contributed by atoms with Gasteiger partial charge in [-0.25, -0.2) is 0 Å². The van der Waals surface area contributed by atoms with Gasteiger partial charge >= 0.3 is 0 Å². The number of hydrogen-bond donors (Lipinski definition) is 2. The zero-order valence-corrected chi connectivity index (χ0v) is 5.33. The lowest BCUT2D eigenvalue weighted by molar-refractivity contribution is 0.768. The lowest BCUT2D eigenvalue weighted by atomic mass is 10.6. The largest absolute Gasteiger partial charge is 0.370 e. The Labute approximate surface area is 53.7 Å². The van der Waals surface area contributed by atoms with Crippen LogP contribution < -0.4 is 11.1 Å². The second-order valence-electron chi connectivity index (χ2n) is 1.78. The van der Waals surface area contributed by atoms with Crippen molar-refractivity contribution in [3.63, 3.8) is 0 Å². The maximum absolute atomic E-state index is 5.22. The van der Waals surface area contributed by atoms with E-state index in [0.29, 0.717) is 6.67 Å². The summed E-state index contributed by atoms with van der Waals surface area (Å²) < 4.78 is 1.72. The van der Waals surface area contributed by atoms with E-state index in [2.05, 4.69) is 10.4 Å². The normalized spacial score (nSPS) is 9.56. The molecule has 0 amide bonds. The molecule has 0 aliphatic rings. The van der Waals surface area contributed by atoms with Crippen LogP contribution in [0, 0.1) is 0 Å². The molecule has 0 unspecified atom stereocenters. The predicted molar refractivity (Wildman–Crippen MR) is 35.9 cm³/mol. The van der Waals surface area contributed by atoms with E-state index in [1.54, 1.807) is 10.9 Å². The van der Waals surface area contributed by atoms with Crippen molar-refractivity contribution in [3.05, 3.63) is 12.4 Å². The molecule has 0 bridgehead atoms. The Kier molecular flexibility index (Phi) is 1.69. The lowest BCUT2D eigenvalue weighted by Gasteiger charge is -1.93. The fourth-order valence-corrected chi connectivity index (χ4v) is 0.630. The number of nitrogens with zero attached hydrogens (tertiary/aromatic N) is 2. The summed E-state index contributed by atoms with van der Waals surface area (Å²) in [6.45, 7) is 0.450. The first-order chi connectivity index (χ1) is 4.33. The maximum Gasteiger partial charge on any atom is 0.0736 e.